The van der Waals surface area contributed by atoms with Crippen LogP contribution in [-0.2, 0) is 23.7 Å². The van der Waals surface area contributed by atoms with E-state index < -0.39 is 91.6 Å². The Hall–Kier alpha value is -1.01. The molecule has 6 aliphatic rings. The minimum Gasteiger partial charge on any atom is -0.432 e. The van der Waals surface area contributed by atoms with E-state index in [2.05, 4.69) is 6.92 Å². The molecule has 0 aromatic rings. The number of hydrogen-bond donors (Lipinski definition) is 9. The van der Waals surface area contributed by atoms with E-state index in [1.54, 1.807) is 0 Å². The minimum absolute atomic E-state index is 0.0487. The summed E-state index contributed by atoms with van der Waals surface area (Å²) in [4.78, 5) is 14.0. The summed E-state index contributed by atoms with van der Waals surface area (Å²) in [7, 11) is 0. The van der Waals surface area contributed by atoms with Crippen molar-refractivity contribution in [3.8, 4) is 0 Å². The van der Waals surface area contributed by atoms with Crippen LogP contribution in [-0.4, -0.2) is 139 Å². The Labute approximate surface area is 268 Å². The van der Waals surface area contributed by atoms with Crippen LogP contribution in [0, 0.1) is 34.0 Å². The van der Waals surface area contributed by atoms with Crippen molar-refractivity contribution in [1.29, 1.82) is 0 Å². The van der Waals surface area contributed by atoms with Gasteiger partial charge in [-0.15, -0.1) is 0 Å². The first-order chi connectivity index (χ1) is 21.7. The van der Waals surface area contributed by atoms with Crippen molar-refractivity contribution >= 4 is 5.97 Å². The molecular formula is C32H52O14. The Bertz CT molecular complexity index is 1120. The molecule has 0 radical (unpaired) electrons. The van der Waals surface area contributed by atoms with Crippen molar-refractivity contribution in [3.63, 3.8) is 0 Å². The standard InChI is InChI=1S/C32H52O14/c1-29-7-3-8-30(2,28(42)45-26-24(40)22(38)20(36)16(11-33)43-26)18(29)6-9-31-10-15(4-5-19(29)31)32(13-31,14-35)46-27-25(41)23(39)21(37)17(12-34)44-27/h15-27,33-41H,3-14H2,1-2H3/t15?,16?,17?,18-,19-,20?,21?,22?,23?,24?,25?,26-,27-,29+,30+,31?,32?/m0/s1. The topological polar surface area (TPSA) is 236 Å². The number of rotatable bonds is 7. The van der Waals surface area contributed by atoms with Gasteiger partial charge in [0.05, 0.1) is 30.8 Å². The quantitative estimate of drug-likeness (QED) is 0.138. The maximum atomic E-state index is 14.0. The van der Waals surface area contributed by atoms with Crippen LogP contribution in [0.4, 0.5) is 0 Å². The van der Waals surface area contributed by atoms with Crippen LogP contribution in [0.5, 0.6) is 0 Å². The Kier molecular flexibility index (Phi) is 9.39. The summed E-state index contributed by atoms with van der Waals surface area (Å²) in [5.41, 5.74) is -2.49. The van der Waals surface area contributed by atoms with E-state index in [4.69, 9.17) is 18.9 Å². The fourth-order valence-electron chi connectivity index (χ4n) is 11.0. The Morgan fingerprint density at radius 2 is 1.35 bits per heavy atom. The molecule has 1 spiro atoms. The zero-order valence-electron chi connectivity index (χ0n) is 26.6. The summed E-state index contributed by atoms with van der Waals surface area (Å²) in [5.74, 6) is -0.498. The molecule has 6 rings (SSSR count). The number of esters is 1. The zero-order valence-corrected chi connectivity index (χ0v) is 26.6. The smallest absolute Gasteiger partial charge is 0.314 e. The molecule has 0 aromatic carbocycles. The van der Waals surface area contributed by atoms with Crippen molar-refractivity contribution in [2.45, 2.75) is 139 Å². The van der Waals surface area contributed by atoms with Gasteiger partial charge in [-0.1, -0.05) is 13.3 Å². The first-order valence-electron chi connectivity index (χ1n) is 16.8. The molecule has 2 aliphatic heterocycles. The number of hydrogen-bond acceptors (Lipinski definition) is 14. The van der Waals surface area contributed by atoms with Gasteiger partial charge in [-0.3, -0.25) is 4.79 Å². The Balaban J connectivity index is 1.22. The summed E-state index contributed by atoms with van der Waals surface area (Å²) in [5, 5.41) is 92.4. The SMILES string of the molecule is C[C@@]12CCC[C@@](C)(C(=O)O[C@@H]3OC(CO)C(O)C(O)C3O)[C@H]1CCC13CC(CC[C@H]12)C(CO)(O[C@@H]1OC(CO)C(O)C(O)C1O)C3. The highest BCUT2D eigenvalue weighted by molar-refractivity contribution is 5.77. The third kappa shape index (κ3) is 5.18. The number of ether oxygens (including phenoxy) is 4. The predicted molar refractivity (Wildman–Crippen MR) is 155 cm³/mol. The second-order valence-electron chi connectivity index (χ2n) is 15.6. The van der Waals surface area contributed by atoms with Gasteiger partial charge in [0.25, 0.3) is 0 Å². The third-order valence-corrected chi connectivity index (χ3v) is 13.3. The van der Waals surface area contributed by atoms with Gasteiger partial charge in [0.15, 0.2) is 6.29 Å². The van der Waals surface area contributed by atoms with E-state index in [-0.39, 0.29) is 35.2 Å². The van der Waals surface area contributed by atoms with Gasteiger partial charge in [-0.05, 0) is 86.9 Å². The van der Waals surface area contributed by atoms with E-state index in [0.29, 0.717) is 19.3 Å². The Morgan fingerprint density at radius 3 is 1.96 bits per heavy atom. The van der Waals surface area contributed by atoms with Gasteiger partial charge < -0.3 is 64.9 Å². The van der Waals surface area contributed by atoms with E-state index in [1.807, 2.05) is 6.92 Å². The highest BCUT2D eigenvalue weighted by Crippen LogP contribution is 2.73. The lowest BCUT2D eigenvalue weighted by atomic mass is 9.41. The summed E-state index contributed by atoms with van der Waals surface area (Å²) in [6.45, 7) is 2.59. The third-order valence-electron chi connectivity index (χ3n) is 13.3. The zero-order chi connectivity index (χ0) is 33.4. The molecule has 2 bridgehead atoms. The molecule has 2 saturated heterocycles. The molecule has 17 atom stereocenters. The number of aliphatic hydroxyl groups is 9. The summed E-state index contributed by atoms with van der Waals surface area (Å²) < 4.78 is 23.3. The largest absolute Gasteiger partial charge is 0.432 e. The average molecular weight is 661 g/mol. The molecule has 6 fully saturated rings. The van der Waals surface area contributed by atoms with Crippen LogP contribution in [0.3, 0.4) is 0 Å². The molecule has 46 heavy (non-hydrogen) atoms. The number of fused-ring (bicyclic) bond motifs is 3. The van der Waals surface area contributed by atoms with Crippen molar-refractivity contribution in [1.82, 2.24) is 0 Å². The van der Waals surface area contributed by atoms with Crippen LogP contribution in [0.25, 0.3) is 0 Å². The second kappa shape index (κ2) is 12.4. The molecule has 2 heterocycles. The molecule has 11 unspecified atom stereocenters. The lowest BCUT2D eigenvalue weighted by Crippen LogP contribution is -2.62. The van der Waals surface area contributed by atoms with Gasteiger partial charge in [0.2, 0.25) is 6.29 Å². The van der Waals surface area contributed by atoms with Crippen LogP contribution < -0.4 is 0 Å². The van der Waals surface area contributed by atoms with E-state index in [1.165, 1.54) is 0 Å². The predicted octanol–water partition coefficient (Wildman–Crippen LogP) is -1.71. The van der Waals surface area contributed by atoms with Gasteiger partial charge >= 0.3 is 5.97 Å². The minimum atomic E-state index is -1.68. The maximum Gasteiger partial charge on any atom is 0.314 e. The molecule has 4 saturated carbocycles. The van der Waals surface area contributed by atoms with Crippen molar-refractivity contribution < 1.29 is 69.7 Å². The lowest BCUT2D eigenvalue weighted by molar-refractivity contribution is -0.335. The van der Waals surface area contributed by atoms with Crippen molar-refractivity contribution in [3.05, 3.63) is 0 Å². The second-order valence-corrected chi connectivity index (χ2v) is 15.6. The van der Waals surface area contributed by atoms with Gasteiger partial charge in [-0.2, -0.15) is 0 Å². The van der Waals surface area contributed by atoms with Gasteiger partial charge in [-0.25, -0.2) is 0 Å². The molecule has 14 nitrogen and oxygen atoms in total. The average Bonchev–Trinajstić information content (AvgIpc) is 3.26. The van der Waals surface area contributed by atoms with Gasteiger partial charge in [0.1, 0.15) is 48.8 Å². The highest BCUT2D eigenvalue weighted by atomic mass is 16.7. The molecule has 14 heteroatoms. The van der Waals surface area contributed by atoms with E-state index in [9.17, 15) is 50.8 Å². The molecule has 4 aliphatic carbocycles. The molecular weight excluding hydrogens is 608 g/mol. The molecule has 264 valence electrons. The number of carbonyl (C=O) groups excluding carboxylic acids is 1. The normalized spacial score (nSPS) is 55.3. The first kappa shape index (κ1) is 34.8. The van der Waals surface area contributed by atoms with Crippen molar-refractivity contribution in [2.24, 2.45) is 34.0 Å². The molecule has 9 N–H and O–H groups in total. The monoisotopic (exact) mass is 660 g/mol. The maximum absolute atomic E-state index is 14.0. The van der Waals surface area contributed by atoms with Crippen LogP contribution in [0.15, 0.2) is 0 Å². The number of carbonyl (C=O) groups is 1. The van der Waals surface area contributed by atoms with Crippen molar-refractivity contribution in [2.75, 3.05) is 19.8 Å². The molecule has 0 aromatic heterocycles. The fraction of sp³-hybridized carbons (Fsp3) is 0.969. The lowest BCUT2D eigenvalue weighted by Gasteiger charge is -2.63. The van der Waals surface area contributed by atoms with E-state index >= 15 is 0 Å². The van der Waals surface area contributed by atoms with Crippen LogP contribution in [0.2, 0.25) is 0 Å². The van der Waals surface area contributed by atoms with Gasteiger partial charge in [0, 0.05) is 0 Å². The molecule has 0 amide bonds. The Morgan fingerprint density at radius 1 is 0.739 bits per heavy atom. The first-order valence-corrected chi connectivity index (χ1v) is 16.8. The van der Waals surface area contributed by atoms with Crippen LogP contribution >= 0.6 is 0 Å². The fourth-order valence-corrected chi connectivity index (χ4v) is 11.0. The summed E-state index contributed by atoms with van der Waals surface area (Å²) in [6, 6.07) is 0. The summed E-state index contributed by atoms with van der Waals surface area (Å²) >= 11 is 0. The summed E-state index contributed by atoms with van der Waals surface area (Å²) in [6.07, 6.45) is -8.26. The highest BCUT2D eigenvalue weighted by Gasteiger charge is 2.70. The van der Waals surface area contributed by atoms with E-state index in [0.717, 1.165) is 38.5 Å². The number of aliphatic hydroxyl groups excluding tert-OH is 9. The van der Waals surface area contributed by atoms with Crippen LogP contribution in [0.1, 0.15) is 71.6 Å².